The Labute approximate surface area is 233 Å². The summed E-state index contributed by atoms with van der Waals surface area (Å²) in [4.78, 5) is 43.6. The third-order valence-corrected chi connectivity index (χ3v) is 7.30. The minimum absolute atomic E-state index is 0.0414. The average Bonchev–Trinajstić information content (AvgIpc) is 2.99. The van der Waals surface area contributed by atoms with Gasteiger partial charge in [-0.25, -0.2) is 8.42 Å². The van der Waals surface area contributed by atoms with Crippen molar-refractivity contribution in [2.75, 3.05) is 16.8 Å². The van der Waals surface area contributed by atoms with Gasteiger partial charge in [-0.3, -0.25) is 24.3 Å². The molecule has 1 heterocycles. The van der Waals surface area contributed by atoms with Gasteiger partial charge >= 0.3 is 5.97 Å². The van der Waals surface area contributed by atoms with Crippen molar-refractivity contribution in [2.24, 2.45) is 4.99 Å². The fourth-order valence-corrected chi connectivity index (χ4v) is 5.24. The summed E-state index contributed by atoms with van der Waals surface area (Å²) >= 11 is 0. The maximum atomic E-state index is 13.9. The molecule has 208 valence electrons. The number of benzene rings is 3. The third-order valence-electron chi connectivity index (χ3n) is 5.88. The smallest absolute Gasteiger partial charge is 0.326 e. The second-order valence-electron chi connectivity index (χ2n) is 10.2. The first-order valence-electron chi connectivity index (χ1n) is 12.5. The molecule has 1 unspecified atom stereocenters. The predicted octanol–water partition coefficient (Wildman–Crippen LogP) is 3.39. The van der Waals surface area contributed by atoms with Crippen molar-refractivity contribution < 1.29 is 27.5 Å². The number of fused-ring (bicyclic) bond motifs is 1. The molecule has 0 aliphatic carbocycles. The number of rotatable bonds is 8. The largest absolute Gasteiger partial charge is 0.459 e. The van der Waals surface area contributed by atoms with Crippen molar-refractivity contribution in [1.29, 1.82) is 0 Å². The summed E-state index contributed by atoms with van der Waals surface area (Å²) in [6, 6.07) is 19.7. The van der Waals surface area contributed by atoms with Crippen LogP contribution in [-0.4, -0.2) is 50.7 Å². The Morgan fingerprint density at radius 3 is 2.42 bits per heavy atom. The Morgan fingerprint density at radius 1 is 1.05 bits per heavy atom. The Morgan fingerprint density at radius 2 is 1.75 bits per heavy atom. The molecule has 0 radical (unpaired) electrons. The van der Waals surface area contributed by atoms with Crippen LogP contribution in [0.3, 0.4) is 0 Å². The highest BCUT2D eigenvalue weighted by Gasteiger charge is 2.36. The van der Waals surface area contributed by atoms with Crippen molar-refractivity contribution in [3.63, 3.8) is 0 Å². The molecule has 1 aliphatic rings. The van der Waals surface area contributed by atoms with E-state index in [1.54, 1.807) is 81.4 Å². The molecule has 0 spiro atoms. The second-order valence-corrected chi connectivity index (χ2v) is 11.9. The van der Waals surface area contributed by atoms with E-state index < -0.39 is 40.2 Å². The zero-order valence-electron chi connectivity index (χ0n) is 22.5. The first-order chi connectivity index (χ1) is 18.9. The molecular formula is C29H30N4O6S. The minimum atomic E-state index is -4.20. The maximum Gasteiger partial charge on any atom is 0.326 e. The number of hydrogen-bond donors (Lipinski definition) is 2. The van der Waals surface area contributed by atoms with E-state index in [0.717, 1.165) is 5.56 Å². The number of hydrogen-bond acceptors (Lipinski definition) is 7. The van der Waals surface area contributed by atoms with Gasteiger partial charge in [0.2, 0.25) is 16.4 Å². The van der Waals surface area contributed by atoms with Crippen LogP contribution in [0.1, 0.15) is 37.5 Å². The van der Waals surface area contributed by atoms with E-state index in [1.165, 1.54) is 17.0 Å². The number of benzodiazepines with no additional fused rings is 1. The van der Waals surface area contributed by atoms with Crippen LogP contribution in [-0.2, 0) is 29.1 Å². The van der Waals surface area contributed by atoms with Gasteiger partial charge in [-0.05, 0) is 58.0 Å². The molecule has 10 nitrogen and oxygen atoms in total. The lowest BCUT2D eigenvalue weighted by molar-refractivity contribution is -0.153. The quantitative estimate of drug-likeness (QED) is 0.319. The number of sulfonamides is 1. The Bertz CT molecular complexity index is 1580. The molecule has 4 rings (SSSR count). The molecule has 0 saturated heterocycles. The molecular weight excluding hydrogens is 532 g/mol. The number of nitrogens with zero attached hydrogens (tertiary/aromatic N) is 2. The van der Waals surface area contributed by atoms with Crippen LogP contribution in [0.2, 0.25) is 0 Å². The van der Waals surface area contributed by atoms with Crippen LogP contribution in [0.5, 0.6) is 0 Å². The molecule has 2 N–H and O–H groups in total. The van der Waals surface area contributed by atoms with Crippen LogP contribution >= 0.6 is 0 Å². The van der Waals surface area contributed by atoms with Crippen molar-refractivity contribution in [2.45, 2.75) is 44.4 Å². The minimum Gasteiger partial charge on any atom is -0.459 e. The fraction of sp³-hybridized carbons (Fsp3) is 0.241. The van der Waals surface area contributed by atoms with Crippen molar-refractivity contribution in [1.82, 2.24) is 4.72 Å². The van der Waals surface area contributed by atoms with E-state index in [-0.39, 0.29) is 4.90 Å². The Hall–Kier alpha value is -4.35. The summed E-state index contributed by atoms with van der Waals surface area (Å²) in [7, 11) is -4.20. The molecule has 40 heavy (non-hydrogen) atoms. The van der Waals surface area contributed by atoms with Crippen LogP contribution in [0, 0.1) is 6.92 Å². The average molecular weight is 563 g/mol. The van der Waals surface area contributed by atoms with Gasteiger partial charge in [0.1, 0.15) is 12.1 Å². The number of ether oxygens (including phenoxy) is 1. The monoisotopic (exact) mass is 562 g/mol. The number of amides is 2. The normalized spacial score (nSPS) is 15.5. The number of esters is 1. The van der Waals surface area contributed by atoms with Crippen LogP contribution in [0.4, 0.5) is 11.4 Å². The summed E-state index contributed by atoms with van der Waals surface area (Å²) in [5.74, 6) is -1.43. The summed E-state index contributed by atoms with van der Waals surface area (Å²) in [6.07, 6.45) is -1.08. The number of aliphatic imine (C=N–C) groups is 1. The lowest BCUT2D eigenvalue weighted by Crippen LogP contribution is -2.49. The molecule has 0 aromatic heterocycles. The Balaban J connectivity index is 1.86. The van der Waals surface area contributed by atoms with Crippen molar-refractivity contribution in [3.05, 3.63) is 89.5 Å². The van der Waals surface area contributed by atoms with Crippen LogP contribution in [0.15, 0.2) is 82.7 Å². The molecule has 3 aromatic rings. The van der Waals surface area contributed by atoms with Crippen LogP contribution in [0.25, 0.3) is 0 Å². The maximum absolute atomic E-state index is 13.9. The first-order valence-corrected chi connectivity index (χ1v) is 14.0. The van der Waals surface area contributed by atoms with E-state index in [4.69, 9.17) is 4.74 Å². The number of aryl methyl sites for hydroxylation is 1. The highest BCUT2D eigenvalue weighted by Crippen LogP contribution is 2.29. The van der Waals surface area contributed by atoms with Gasteiger partial charge in [-0.2, -0.15) is 4.72 Å². The van der Waals surface area contributed by atoms with Gasteiger partial charge in [-0.15, -0.1) is 0 Å². The number of para-hydroxylation sites is 1. The fourth-order valence-electron chi connectivity index (χ4n) is 4.16. The highest BCUT2D eigenvalue weighted by atomic mass is 32.2. The molecule has 0 saturated carbocycles. The molecule has 11 heteroatoms. The molecule has 0 fully saturated rings. The van der Waals surface area contributed by atoms with Gasteiger partial charge in [0, 0.05) is 16.8 Å². The van der Waals surface area contributed by atoms with Gasteiger partial charge in [0.05, 0.1) is 16.3 Å². The zero-order chi connectivity index (χ0) is 29.1. The SMILES string of the molecule is Cc1ccc(S(=O)(=O)NC2N=C(c3cccc(NC=O)c3)c3ccccc3N(CC(=O)OC(C)(C)C)C2=O)cc1. The van der Waals surface area contributed by atoms with E-state index >= 15 is 0 Å². The van der Waals surface area contributed by atoms with E-state index in [2.05, 4.69) is 15.0 Å². The molecule has 0 bridgehead atoms. The topological polar surface area (TPSA) is 134 Å². The van der Waals surface area contributed by atoms with E-state index in [0.29, 0.717) is 34.6 Å². The predicted molar refractivity (Wildman–Crippen MR) is 152 cm³/mol. The lowest BCUT2D eigenvalue weighted by Gasteiger charge is -2.27. The van der Waals surface area contributed by atoms with E-state index in [1.807, 2.05) is 6.92 Å². The van der Waals surface area contributed by atoms with E-state index in [9.17, 15) is 22.8 Å². The third kappa shape index (κ3) is 6.61. The van der Waals surface area contributed by atoms with Gasteiger partial charge in [0.15, 0.2) is 6.17 Å². The molecule has 1 aliphatic heterocycles. The molecule has 2 amide bonds. The lowest BCUT2D eigenvalue weighted by atomic mass is 9.99. The number of nitrogens with one attached hydrogen (secondary N) is 2. The highest BCUT2D eigenvalue weighted by molar-refractivity contribution is 7.89. The Kier molecular flexibility index (Phi) is 8.17. The number of carbonyl (C=O) groups is 3. The number of carbonyl (C=O) groups excluding carboxylic acids is 3. The standard InChI is InChI=1S/C29H30N4O6S/c1-19-12-14-22(15-13-19)40(37,38)32-27-28(36)33(17-25(35)39-29(2,3)4)24-11-6-5-10-23(24)26(31-27)20-8-7-9-21(16-20)30-18-34/h5-16,18,27,32H,17H2,1-4H3,(H,30,34). The summed E-state index contributed by atoms with van der Waals surface area (Å²) in [5, 5.41) is 2.58. The summed E-state index contributed by atoms with van der Waals surface area (Å²) in [6.45, 7) is 6.50. The van der Waals surface area contributed by atoms with Crippen molar-refractivity contribution >= 4 is 45.4 Å². The summed E-state index contributed by atoms with van der Waals surface area (Å²) < 4.78 is 34.6. The number of anilines is 2. The van der Waals surface area contributed by atoms with Gasteiger partial charge in [-0.1, -0.05) is 48.0 Å². The molecule has 1 atom stereocenters. The molecule has 3 aromatic carbocycles. The van der Waals surface area contributed by atoms with Crippen molar-refractivity contribution in [3.8, 4) is 0 Å². The van der Waals surface area contributed by atoms with Gasteiger partial charge < -0.3 is 10.1 Å². The summed E-state index contributed by atoms with van der Waals surface area (Å²) in [5.41, 5.74) is 2.19. The first kappa shape index (κ1) is 28.7. The van der Waals surface area contributed by atoms with Crippen LogP contribution < -0.4 is 14.9 Å². The van der Waals surface area contributed by atoms with Gasteiger partial charge in [0.25, 0.3) is 5.91 Å². The second kappa shape index (κ2) is 11.4. The zero-order valence-corrected chi connectivity index (χ0v) is 23.4.